The molecule has 1 saturated heterocycles. The zero-order valence-electron chi connectivity index (χ0n) is 9.21. The van der Waals surface area contributed by atoms with Gasteiger partial charge in [0.25, 0.3) is 5.91 Å². The topological polar surface area (TPSA) is 60.8 Å². The predicted octanol–water partition coefficient (Wildman–Crippen LogP) is 0.603. The first kappa shape index (κ1) is 12.4. The van der Waals surface area contributed by atoms with E-state index >= 15 is 0 Å². The van der Waals surface area contributed by atoms with Gasteiger partial charge in [0.2, 0.25) is 0 Å². The molecule has 1 aromatic carbocycles. The maximum Gasteiger partial charge on any atom is 0.254 e. The molecule has 0 bridgehead atoms. The maximum atomic E-state index is 12.0. The highest BCUT2D eigenvalue weighted by atomic mass is 35.5. The van der Waals surface area contributed by atoms with Crippen molar-refractivity contribution in [3.8, 4) is 0 Å². The number of carbonyl (C=O) groups excluding carboxylic acids is 1. The van der Waals surface area contributed by atoms with Crippen molar-refractivity contribution in [3.63, 3.8) is 0 Å². The quantitative estimate of drug-likeness (QED) is 0.761. The number of β-amino-alcohol motifs (C(OH)–C–C–N with tert-alkyl or cyclic N) is 2. The molecule has 0 radical (unpaired) electrons. The molecule has 0 aromatic heterocycles. The Hall–Kier alpha value is -1.10. The van der Waals surface area contributed by atoms with Gasteiger partial charge in [0.05, 0.1) is 12.2 Å². The van der Waals surface area contributed by atoms with E-state index in [9.17, 15) is 15.0 Å². The van der Waals surface area contributed by atoms with Crippen molar-refractivity contribution in [2.45, 2.75) is 18.1 Å². The zero-order valence-corrected chi connectivity index (χ0v) is 9.97. The van der Waals surface area contributed by atoms with Crippen LogP contribution in [-0.4, -0.2) is 46.3 Å². The molecule has 4 nitrogen and oxygen atoms in total. The molecule has 2 atom stereocenters. The lowest BCUT2D eigenvalue weighted by molar-refractivity contribution is 0.0572. The number of hydrogen-bond donors (Lipinski definition) is 2. The minimum absolute atomic E-state index is 0.178. The van der Waals surface area contributed by atoms with E-state index in [2.05, 4.69) is 0 Å². The predicted molar refractivity (Wildman–Crippen MR) is 63.9 cm³/mol. The van der Waals surface area contributed by atoms with E-state index in [0.717, 1.165) is 5.56 Å². The van der Waals surface area contributed by atoms with E-state index < -0.39 is 12.2 Å². The van der Waals surface area contributed by atoms with Crippen molar-refractivity contribution in [2.75, 3.05) is 13.1 Å². The van der Waals surface area contributed by atoms with Gasteiger partial charge in [0.1, 0.15) is 0 Å². The first-order valence-corrected chi connectivity index (χ1v) is 5.95. The van der Waals surface area contributed by atoms with Crippen LogP contribution >= 0.6 is 11.6 Å². The summed E-state index contributed by atoms with van der Waals surface area (Å²) in [6.07, 6.45) is -1.69. The SMILES string of the molecule is O=C(c1ccc(CCl)cc1)N1C[C@@H](O)[C@@H](O)C1. The molecule has 1 heterocycles. The van der Waals surface area contributed by atoms with Crippen molar-refractivity contribution >= 4 is 17.5 Å². The fraction of sp³-hybridized carbons (Fsp3) is 0.417. The third kappa shape index (κ3) is 2.60. The average molecular weight is 256 g/mol. The van der Waals surface area contributed by atoms with Crippen LogP contribution in [0.15, 0.2) is 24.3 Å². The summed E-state index contributed by atoms with van der Waals surface area (Å²) >= 11 is 5.66. The summed E-state index contributed by atoms with van der Waals surface area (Å²) in [6.45, 7) is 0.356. The highest BCUT2D eigenvalue weighted by Gasteiger charge is 2.32. The largest absolute Gasteiger partial charge is 0.388 e. The molecule has 1 aliphatic rings. The molecule has 0 spiro atoms. The molecular weight excluding hydrogens is 242 g/mol. The summed E-state index contributed by atoms with van der Waals surface area (Å²) in [6, 6.07) is 7.00. The van der Waals surface area contributed by atoms with E-state index in [1.807, 2.05) is 0 Å². The number of aliphatic hydroxyl groups excluding tert-OH is 2. The molecule has 2 rings (SSSR count). The number of alkyl halides is 1. The van der Waals surface area contributed by atoms with Crippen LogP contribution in [0.25, 0.3) is 0 Å². The van der Waals surface area contributed by atoms with Gasteiger partial charge in [0.15, 0.2) is 0 Å². The van der Waals surface area contributed by atoms with Gasteiger partial charge in [-0.2, -0.15) is 0 Å². The second kappa shape index (κ2) is 5.04. The third-order valence-electron chi connectivity index (χ3n) is 2.90. The van der Waals surface area contributed by atoms with Crippen LogP contribution in [0, 0.1) is 0 Å². The highest BCUT2D eigenvalue weighted by Crippen LogP contribution is 2.15. The number of amides is 1. The van der Waals surface area contributed by atoms with E-state index in [1.54, 1.807) is 24.3 Å². The van der Waals surface area contributed by atoms with Crippen molar-refractivity contribution in [1.82, 2.24) is 4.90 Å². The summed E-state index contributed by atoms with van der Waals surface area (Å²) in [4.78, 5) is 13.5. The maximum absolute atomic E-state index is 12.0. The molecule has 1 amide bonds. The number of nitrogens with zero attached hydrogens (tertiary/aromatic N) is 1. The van der Waals surface area contributed by atoms with Crippen LogP contribution in [0.1, 0.15) is 15.9 Å². The Morgan fingerprint density at radius 3 is 2.24 bits per heavy atom. The fourth-order valence-electron chi connectivity index (χ4n) is 1.85. The van der Waals surface area contributed by atoms with Crippen LogP contribution in [0.2, 0.25) is 0 Å². The Morgan fingerprint density at radius 1 is 1.24 bits per heavy atom. The Balaban J connectivity index is 2.09. The number of likely N-dealkylation sites (tertiary alicyclic amines) is 1. The van der Waals surface area contributed by atoms with Crippen molar-refractivity contribution in [3.05, 3.63) is 35.4 Å². The molecule has 0 unspecified atom stereocenters. The molecule has 2 N–H and O–H groups in total. The molecule has 5 heteroatoms. The monoisotopic (exact) mass is 255 g/mol. The number of hydrogen-bond acceptors (Lipinski definition) is 3. The second-order valence-corrected chi connectivity index (χ2v) is 4.44. The van der Waals surface area contributed by atoms with Gasteiger partial charge >= 0.3 is 0 Å². The first-order valence-electron chi connectivity index (χ1n) is 5.42. The lowest BCUT2D eigenvalue weighted by Gasteiger charge is -2.15. The molecule has 92 valence electrons. The van der Waals surface area contributed by atoms with Gasteiger partial charge in [-0.05, 0) is 17.7 Å². The Morgan fingerprint density at radius 2 is 1.76 bits per heavy atom. The molecule has 17 heavy (non-hydrogen) atoms. The molecule has 0 saturated carbocycles. The van der Waals surface area contributed by atoms with Gasteiger partial charge in [0, 0.05) is 24.5 Å². The summed E-state index contributed by atoms with van der Waals surface area (Å²) in [5.41, 5.74) is 1.49. The van der Waals surface area contributed by atoms with Crippen LogP contribution in [-0.2, 0) is 5.88 Å². The standard InChI is InChI=1S/C12H14ClNO3/c13-5-8-1-3-9(4-2-8)12(17)14-6-10(15)11(16)7-14/h1-4,10-11,15-16H,5-7H2/t10-,11+. The van der Waals surface area contributed by atoms with Gasteiger partial charge in [-0.15, -0.1) is 11.6 Å². The fourth-order valence-corrected chi connectivity index (χ4v) is 2.03. The molecule has 1 aliphatic heterocycles. The lowest BCUT2D eigenvalue weighted by atomic mass is 10.1. The number of halogens is 1. The van der Waals surface area contributed by atoms with Crippen LogP contribution in [0.5, 0.6) is 0 Å². The minimum Gasteiger partial charge on any atom is -0.388 e. The van der Waals surface area contributed by atoms with Gasteiger partial charge < -0.3 is 15.1 Å². The van der Waals surface area contributed by atoms with Crippen LogP contribution in [0.3, 0.4) is 0 Å². The first-order chi connectivity index (χ1) is 8.11. The minimum atomic E-state index is -0.846. The van der Waals surface area contributed by atoms with Gasteiger partial charge in [-0.3, -0.25) is 4.79 Å². The Bertz CT molecular complexity index is 397. The molecular formula is C12H14ClNO3. The van der Waals surface area contributed by atoms with Crippen LogP contribution < -0.4 is 0 Å². The Kier molecular flexibility index (Phi) is 3.66. The molecule has 0 aliphatic carbocycles. The van der Waals surface area contributed by atoms with E-state index in [4.69, 9.17) is 11.6 Å². The average Bonchev–Trinajstić information content (AvgIpc) is 2.69. The molecule has 1 fully saturated rings. The summed E-state index contributed by atoms with van der Waals surface area (Å²) in [7, 11) is 0. The third-order valence-corrected chi connectivity index (χ3v) is 3.21. The summed E-state index contributed by atoms with van der Waals surface area (Å²) < 4.78 is 0. The Labute approximate surface area is 104 Å². The zero-order chi connectivity index (χ0) is 12.4. The molecule has 1 aromatic rings. The van der Waals surface area contributed by atoms with E-state index in [1.165, 1.54) is 4.90 Å². The van der Waals surface area contributed by atoms with Gasteiger partial charge in [-0.1, -0.05) is 12.1 Å². The van der Waals surface area contributed by atoms with Crippen molar-refractivity contribution < 1.29 is 15.0 Å². The van der Waals surface area contributed by atoms with E-state index in [-0.39, 0.29) is 19.0 Å². The summed E-state index contributed by atoms with van der Waals surface area (Å²) in [5.74, 6) is 0.233. The van der Waals surface area contributed by atoms with E-state index in [0.29, 0.717) is 11.4 Å². The van der Waals surface area contributed by atoms with Crippen molar-refractivity contribution in [1.29, 1.82) is 0 Å². The smallest absolute Gasteiger partial charge is 0.254 e. The number of carbonyl (C=O) groups is 1. The number of aliphatic hydroxyl groups is 2. The number of benzene rings is 1. The number of rotatable bonds is 2. The van der Waals surface area contributed by atoms with Crippen LogP contribution in [0.4, 0.5) is 0 Å². The normalized spacial score (nSPS) is 24.1. The second-order valence-electron chi connectivity index (χ2n) is 4.18. The van der Waals surface area contributed by atoms with Crippen molar-refractivity contribution in [2.24, 2.45) is 0 Å². The highest BCUT2D eigenvalue weighted by molar-refractivity contribution is 6.17. The summed E-state index contributed by atoms with van der Waals surface area (Å²) in [5, 5.41) is 18.8. The van der Waals surface area contributed by atoms with Gasteiger partial charge in [-0.25, -0.2) is 0 Å². The lowest BCUT2D eigenvalue weighted by Crippen LogP contribution is -2.29.